The summed E-state index contributed by atoms with van der Waals surface area (Å²) in [5.41, 5.74) is 2.51. The summed E-state index contributed by atoms with van der Waals surface area (Å²) in [6, 6.07) is 8.36. The maximum Gasteiger partial charge on any atom is 0.107 e. The highest BCUT2D eigenvalue weighted by molar-refractivity contribution is 9.11. The fourth-order valence-corrected chi connectivity index (χ4v) is 4.70. The SMILES string of the molecule is Cc1cc(Br)ccc1C(Br)c1cc(Br)c(Cl)s1. The van der Waals surface area contributed by atoms with E-state index < -0.39 is 0 Å². The maximum absolute atomic E-state index is 6.07. The Morgan fingerprint density at radius 1 is 1.24 bits per heavy atom. The predicted molar refractivity (Wildman–Crippen MR) is 86.7 cm³/mol. The van der Waals surface area contributed by atoms with E-state index >= 15 is 0 Å². The van der Waals surface area contributed by atoms with Gasteiger partial charge in [0.1, 0.15) is 4.34 Å². The van der Waals surface area contributed by atoms with Crippen LogP contribution in [-0.2, 0) is 0 Å². The Bertz CT molecular complexity index is 531. The Morgan fingerprint density at radius 3 is 2.47 bits per heavy atom. The van der Waals surface area contributed by atoms with E-state index in [2.05, 4.69) is 79.0 Å². The number of halogens is 4. The van der Waals surface area contributed by atoms with Gasteiger partial charge in [-0.2, -0.15) is 0 Å². The van der Waals surface area contributed by atoms with E-state index in [4.69, 9.17) is 11.6 Å². The van der Waals surface area contributed by atoms with E-state index in [9.17, 15) is 0 Å². The topological polar surface area (TPSA) is 0 Å². The van der Waals surface area contributed by atoms with Gasteiger partial charge in [0, 0.05) is 13.8 Å². The molecule has 0 bridgehead atoms. The average Bonchev–Trinajstić information content (AvgIpc) is 2.58. The lowest BCUT2D eigenvalue weighted by Gasteiger charge is -2.11. The first kappa shape index (κ1) is 14.1. The molecule has 0 N–H and O–H groups in total. The van der Waals surface area contributed by atoms with Crippen LogP contribution in [0.15, 0.2) is 33.2 Å². The van der Waals surface area contributed by atoms with E-state index in [0.717, 1.165) is 13.3 Å². The summed E-state index contributed by atoms with van der Waals surface area (Å²) in [7, 11) is 0. The lowest BCUT2D eigenvalue weighted by Crippen LogP contribution is -1.93. The molecule has 2 aromatic rings. The van der Waals surface area contributed by atoms with Crippen LogP contribution >= 0.6 is 70.7 Å². The van der Waals surface area contributed by atoms with Gasteiger partial charge in [-0.15, -0.1) is 11.3 Å². The number of hydrogen-bond acceptors (Lipinski definition) is 1. The molecule has 0 aliphatic heterocycles. The van der Waals surface area contributed by atoms with Crippen molar-refractivity contribution in [2.45, 2.75) is 11.8 Å². The third-order valence-electron chi connectivity index (χ3n) is 2.42. The molecule has 90 valence electrons. The monoisotopic (exact) mass is 456 g/mol. The van der Waals surface area contributed by atoms with E-state index in [-0.39, 0.29) is 4.83 Å². The Kier molecular flexibility index (Phi) is 4.75. The molecule has 1 unspecified atom stereocenters. The minimum atomic E-state index is 0.185. The minimum Gasteiger partial charge on any atom is -0.126 e. The lowest BCUT2D eigenvalue weighted by molar-refractivity contribution is 1.17. The van der Waals surface area contributed by atoms with Gasteiger partial charge in [-0.25, -0.2) is 0 Å². The van der Waals surface area contributed by atoms with Crippen molar-refractivity contribution in [1.29, 1.82) is 0 Å². The number of aryl methyl sites for hydroxylation is 1. The van der Waals surface area contributed by atoms with Gasteiger partial charge in [0.25, 0.3) is 0 Å². The molecule has 17 heavy (non-hydrogen) atoms. The first-order valence-corrected chi connectivity index (χ1v) is 8.53. The van der Waals surface area contributed by atoms with E-state index in [1.807, 2.05) is 0 Å². The normalized spacial score (nSPS) is 12.8. The molecule has 2 rings (SSSR count). The van der Waals surface area contributed by atoms with Crippen molar-refractivity contribution < 1.29 is 0 Å². The van der Waals surface area contributed by atoms with Crippen molar-refractivity contribution in [3.8, 4) is 0 Å². The summed E-state index contributed by atoms with van der Waals surface area (Å²) < 4.78 is 2.85. The molecule has 0 aliphatic rings. The summed E-state index contributed by atoms with van der Waals surface area (Å²) in [5, 5.41) is 0. The summed E-state index contributed by atoms with van der Waals surface area (Å²) >= 11 is 18.3. The zero-order chi connectivity index (χ0) is 12.6. The van der Waals surface area contributed by atoms with Gasteiger partial charge in [0.2, 0.25) is 0 Å². The highest BCUT2D eigenvalue weighted by Gasteiger charge is 2.16. The molecular weight excluding hydrogens is 451 g/mol. The summed E-state index contributed by atoms with van der Waals surface area (Å²) in [6.07, 6.45) is 0. The molecule has 0 spiro atoms. The Morgan fingerprint density at radius 2 is 1.94 bits per heavy atom. The zero-order valence-electron chi connectivity index (χ0n) is 8.81. The molecule has 1 aromatic heterocycles. The fraction of sp³-hybridized carbons (Fsp3) is 0.167. The van der Waals surface area contributed by atoms with Crippen molar-refractivity contribution >= 4 is 70.7 Å². The van der Waals surface area contributed by atoms with Crippen LogP contribution in [0.1, 0.15) is 20.8 Å². The largest absolute Gasteiger partial charge is 0.126 e. The van der Waals surface area contributed by atoms with Crippen LogP contribution in [-0.4, -0.2) is 0 Å². The molecule has 0 radical (unpaired) electrons. The highest BCUT2D eigenvalue weighted by atomic mass is 79.9. The quantitative estimate of drug-likeness (QED) is 0.438. The first-order chi connectivity index (χ1) is 7.99. The Labute approximate surface area is 135 Å². The maximum atomic E-state index is 6.07. The van der Waals surface area contributed by atoms with E-state index in [1.54, 1.807) is 11.3 Å². The van der Waals surface area contributed by atoms with Crippen LogP contribution in [0, 0.1) is 6.92 Å². The number of hydrogen-bond donors (Lipinski definition) is 0. The number of benzene rings is 1. The van der Waals surface area contributed by atoms with Crippen molar-refractivity contribution in [1.82, 2.24) is 0 Å². The second-order valence-corrected chi connectivity index (χ2v) is 8.01. The lowest BCUT2D eigenvalue weighted by atomic mass is 10.1. The Hall–Kier alpha value is 0.650. The average molecular weight is 459 g/mol. The van der Waals surface area contributed by atoms with Crippen LogP contribution < -0.4 is 0 Å². The van der Waals surface area contributed by atoms with Crippen LogP contribution in [0.5, 0.6) is 0 Å². The van der Waals surface area contributed by atoms with E-state index in [0.29, 0.717) is 0 Å². The molecule has 1 aromatic carbocycles. The molecule has 1 heterocycles. The molecule has 0 saturated carbocycles. The van der Waals surface area contributed by atoms with Crippen molar-refractivity contribution in [3.05, 3.63) is 53.6 Å². The molecule has 0 saturated heterocycles. The highest BCUT2D eigenvalue weighted by Crippen LogP contribution is 2.42. The van der Waals surface area contributed by atoms with Crippen LogP contribution in [0.2, 0.25) is 4.34 Å². The molecule has 1 atom stereocenters. The van der Waals surface area contributed by atoms with Crippen LogP contribution in [0.25, 0.3) is 0 Å². The summed E-state index contributed by atoms with van der Waals surface area (Å²) in [5.74, 6) is 0. The van der Waals surface area contributed by atoms with Gasteiger partial charge < -0.3 is 0 Å². The van der Waals surface area contributed by atoms with Crippen molar-refractivity contribution in [2.24, 2.45) is 0 Å². The van der Waals surface area contributed by atoms with Crippen LogP contribution in [0.3, 0.4) is 0 Å². The standard InChI is InChI=1S/C12H8Br3ClS/c1-6-4-7(13)2-3-8(6)11(15)10-5-9(14)12(16)17-10/h2-5,11H,1H3. The number of alkyl halides is 1. The fourth-order valence-electron chi connectivity index (χ4n) is 1.56. The molecule has 0 aliphatic carbocycles. The van der Waals surface area contributed by atoms with Crippen molar-refractivity contribution in [3.63, 3.8) is 0 Å². The van der Waals surface area contributed by atoms with Crippen LogP contribution in [0.4, 0.5) is 0 Å². The third-order valence-corrected chi connectivity index (χ3v) is 6.74. The molecule has 5 heteroatoms. The third kappa shape index (κ3) is 3.16. The predicted octanol–water partition coefficient (Wildman–Crippen LogP) is 6.72. The van der Waals surface area contributed by atoms with Gasteiger partial charge in [-0.05, 0) is 52.2 Å². The smallest absolute Gasteiger partial charge is 0.107 e. The second kappa shape index (κ2) is 5.74. The molecule has 0 nitrogen and oxygen atoms in total. The van der Waals surface area contributed by atoms with Gasteiger partial charge in [0.15, 0.2) is 0 Å². The summed E-state index contributed by atoms with van der Waals surface area (Å²) in [4.78, 5) is 1.39. The van der Waals surface area contributed by atoms with Gasteiger partial charge in [-0.3, -0.25) is 0 Å². The molecular formula is C12H8Br3ClS. The number of rotatable bonds is 2. The minimum absolute atomic E-state index is 0.185. The number of thiophene rings is 1. The van der Waals surface area contributed by atoms with Gasteiger partial charge in [-0.1, -0.05) is 49.5 Å². The van der Waals surface area contributed by atoms with E-state index in [1.165, 1.54) is 16.0 Å². The molecule has 0 amide bonds. The first-order valence-electron chi connectivity index (χ1n) is 4.84. The Balaban J connectivity index is 2.39. The van der Waals surface area contributed by atoms with Gasteiger partial charge >= 0.3 is 0 Å². The zero-order valence-corrected chi connectivity index (χ0v) is 15.1. The molecule has 0 fully saturated rings. The van der Waals surface area contributed by atoms with Crippen molar-refractivity contribution in [2.75, 3.05) is 0 Å². The summed E-state index contributed by atoms with van der Waals surface area (Å²) in [6.45, 7) is 2.11. The van der Waals surface area contributed by atoms with Gasteiger partial charge in [0.05, 0.1) is 4.83 Å². The second-order valence-electron chi connectivity index (χ2n) is 3.63.